The monoisotopic (exact) mass is 306 g/mol. The van der Waals surface area contributed by atoms with Crippen LogP contribution in [0.5, 0.6) is 0 Å². The lowest BCUT2D eigenvalue weighted by atomic mass is 10.1. The summed E-state index contributed by atoms with van der Waals surface area (Å²) in [5.74, 6) is -1.17. The normalized spacial score (nSPS) is 11.1. The molecule has 7 heteroatoms. The smallest absolute Gasteiger partial charge is 0.335 e. The van der Waals surface area contributed by atoms with Crippen molar-refractivity contribution in [3.8, 4) is 0 Å². The number of nitrogens with one attached hydrogen (secondary N) is 2. The standard InChI is InChI=1S/C14H14N2O4S/c1-10-7-8-12(9-13(10)14(17)18)21(19,20)16-15-11-5-3-2-4-6-11/h2-9,15-16H,1H3,(H,17,18). The number of rotatable bonds is 5. The van der Waals surface area contributed by atoms with E-state index < -0.39 is 16.0 Å². The van der Waals surface area contributed by atoms with Crippen LogP contribution in [0.2, 0.25) is 0 Å². The second-order valence-corrected chi connectivity index (χ2v) is 6.06. The predicted molar refractivity (Wildman–Crippen MR) is 78.5 cm³/mol. The molecule has 21 heavy (non-hydrogen) atoms. The Bertz CT molecular complexity index is 758. The van der Waals surface area contributed by atoms with Gasteiger partial charge in [-0.15, -0.1) is 4.83 Å². The van der Waals surface area contributed by atoms with E-state index in [2.05, 4.69) is 10.3 Å². The van der Waals surface area contributed by atoms with Crippen LogP contribution in [-0.2, 0) is 10.0 Å². The topological polar surface area (TPSA) is 95.5 Å². The molecule has 0 amide bonds. The second kappa shape index (κ2) is 5.94. The van der Waals surface area contributed by atoms with Crippen LogP contribution in [0.15, 0.2) is 53.4 Å². The number of carboxylic acids is 1. The van der Waals surface area contributed by atoms with Gasteiger partial charge in [0.05, 0.1) is 10.5 Å². The van der Waals surface area contributed by atoms with Gasteiger partial charge in [-0.3, -0.25) is 0 Å². The maximum absolute atomic E-state index is 12.1. The van der Waals surface area contributed by atoms with Crippen molar-refractivity contribution in [2.24, 2.45) is 0 Å². The molecular formula is C14H14N2O4S. The summed E-state index contributed by atoms with van der Waals surface area (Å²) in [6.07, 6.45) is 0. The van der Waals surface area contributed by atoms with E-state index in [1.807, 2.05) is 0 Å². The van der Waals surface area contributed by atoms with Crippen LogP contribution in [0, 0.1) is 6.92 Å². The van der Waals surface area contributed by atoms with E-state index in [-0.39, 0.29) is 10.5 Å². The molecule has 0 aliphatic rings. The molecule has 2 rings (SSSR count). The van der Waals surface area contributed by atoms with Crippen molar-refractivity contribution in [1.82, 2.24) is 4.83 Å². The molecule has 6 nitrogen and oxygen atoms in total. The summed E-state index contributed by atoms with van der Waals surface area (Å²) in [6.45, 7) is 1.61. The van der Waals surface area contributed by atoms with Gasteiger partial charge in [-0.2, -0.15) is 0 Å². The largest absolute Gasteiger partial charge is 0.478 e. The Morgan fingerprint density at radius 3 is 2.38 bits per heavy atom. The van der Waals surface area contributed by atoms with Gasteiger partial charge >= 0.3 is 5.97 Å². The lowest BCUT2D eigenvalue weighted by molar-refractivity contribution is 0.0696. The van der Waals surface area contributed by atoms with Crippen molar-refractivity contribution in [2.45, 2.75) is 11.8 Å². The zero-order valence-electron chi connectivity index (χ0n) is 11.2. The highest BCUT2D eigenvalue weighted by atomic mass is 32.2. The van der Waals surface area contributed by atoms with E-state index in [1.54, 1.807) is 37.3 Å². The molecule has 0 aromatic heterocycles. The minimum absolute atomic E-state index is 0.0439. The molecule has 0 aliphatic carbocycles. The number of aromatic carboxylic acids is 1. The van der Waals surface area contributed by atoms with Crippen LogP contribution in [0.1, 0.15) is 15.9 Å². The molecule has 0 unspecified atom stereocenters. The van der Waals surface area contributed by atoms with E-state index in [1.165, 1.54) is 12.1 Å². The van der Waals surface area contributed by atoms with Gasteiger partial charge in [0.15, 0.2) is 0 Å². The molecule has 0 aliphatic heterocycles. The van der Waals surface area contributed by atoms with Gasteiger partial charge in [0.2, 0.25) is 0 Å². The van der Waals surface area contributed by atoms with Crippen LogP contribution in [0.25, 0.3) is 0 Å². The fourth-order valence-corrected chi connectivity index (χ4v) is 2.60. The first-order chi connectivity index (χ1) is 9.90. The average Bonchev–Trinajstić information content (AvgIpc) is 2.46. The van der Waals surface area contributed by atoms with Crippen molar-refractivity contribution >= 4 is 21.7 Å². The number of hydrogen-bond donors (Lipinski definition) is 3. The molecule has 0 saturated heterocycles. The van der Waals surface area contributed by atoms with E-state index in [0.717, 1.165) is 6.07 Å². The zero-order valence-corrected chi connectivity index (χ0v) is 12.0. The Morgan fingerprint density at radius 2 is 1.76 bits per heavy atom. The van der Waals surface area contributed by atoms with E-state index in [4.69, 9.17) is 5.11 Å². The number of carbonyl (C=O) groups is 1. The van der Waals surface area contributed by atoms with Crippen LogP contribution in [0.4, 0.5) is 5.69 Å². The molecular weight excluding hydrogens is 292 g/mol. The summed E-state index contributed by atoms with van der Waals surface area (Å²) in [7, 11) is -3.86. The SMILES string of the molecule is Cc1ccc(S(=O)(=O)NNc2ccccc2)cc1C(=O)O. The number of carboxylic acid groups (broad SMARTS) is 1. The molecule has 0 radical (unpaired) electrons. The van der Waals surface area contributed by atoms with Crippen molar-refractivity contribution in [1.29, 1.82) is 0 Å². The Hall–Kier alpha value is -2.38. The van der Waals surface area contributed by atoms with E-state index >= 15 is 0 Å². The molecule has 110 valence electrons. The summed E-state index contributed by atoms with van der Waals surface area (Å²) in [6, 6.07) is 12.7. The summed E-state index contributed by atoms with van der Waals surface area (Å²) < 4.78 is 24.3. The highest BCUT2D eigenvalue weighted by Gasteiger charge is 2.17. The van der Waals surface area contributed by atoms with Gasteiger partial charge < -0.3 is 10.5 Å². The molecule has 2 aromatic rings. The molecule has 3 N–H and O–H groups in total. The number of para-hydroxylation sites is 1. The highest BCUT2D eigenvalue weighted by molar-refractivity contribution is 7.89. The summed E-state index contributed by atoms with van der Waals surface area (Å²) in [4.78, 5) is 13.1. The van der Waals surface area contributed by atoms with Gasteiger partial charge in [0.1, 0.15) is 0 Å². The third-order valence-corrected chi connectivity index (χ3v) is 4.10. The number of benzene rings is 2. The highest BCUT2D eigenvalue weighted by Crippen LogP contribution is 2.16. The Labute approximate surface area is 122 Å². The first-order valence-corrected chi connectivity index (χ1v) is 7.55. The summed E-state index contributed by atoms with van der Waals surface area (Å²) in [5, 5.41) is 9.03. The zero-order chi connectivity index (χ0) is 15.5. The summed E-state index contributed by atoms with van der Waals surface area (Å²) >= 11 is 0. The third-order valence-electron chi connectivity index (χ3n) is 2.85. The van der Waals surface area contributed by atoms with Crippen LogP contribution in [0.3, 0.4) is 0 Å². The van der Waals surface area contributed by atoms with E-state index in [0.29, 0.717) is 11.3 Å². The quantitative estimate of drug-likeness (QED) is 0.734. The fraction of sp³-hybridized carbons (Fsp3) is 0.0714. The van der Waals surface area contributed by atoms with Gasteiger partial charge in [0.25, 0.3) is 10.0 Å². The first-order valence-electron chi connectivity index (χ1n) is 6.07. The van der Waals surface area contributed by atoms with Gasteiger partial charge in [-0.1, -0.05) is 24.3 Å². The minimum Gasteiger partial charge on any atom is -0.478 e. The first kappa shape index (κ1) is 15.0. The van der Waals surface area contributed by atoms with Crippen LogP contribution < -0.4 is 10.3 Å². The minimum atomic E-state index is -3.86. The van der Waals surface area contributed by atoms with Gasteiger partial charge in [-0.25, -0.2) is 13.2 Å². The number of sulfonamides is 1. The van der Waals surface area contributed by atoms with Crippen molar-refractivity contribution in [3.05, 3.63) is 59.7 Å². The number of anilines is 1. The molecule has 0 heterocycles. The van der Waals surface area contributed by atoms with E-state index in [9.17, 15) is 13.2 Å². The Kier molecular flexibility index (Phi) is 4.25. The van der Waals surface area contributed by atoms with Crippen molar-refractivity contribution < 1.29 is 18.3 Å². The molecule has 0 saturated carbocycles. The molecule has 0 atom stereocenters. The van der Waals surface area contributed by atoms with Gasteiger partial charge in [0, 0.05) is 5.69 Å². The Morgan fingerprint density at radius 1 is 1.10 bits per heavy atom. The number of hydrogen-bond acceptors (Lipinski definition) is 4. The predicted octanol–water partition coefficient (Wildman–Crippen LogP) is 2.00. The van der Waals surface area contributed by atoms with Crippen LogP contribution >= 0.6 is 0 Å². The number of hydrazine groups is 1. The lowest BCUT2D eigenvalue weighted by Gasteiger charge is -2.10. The van der Waals surface area contributed by atoms with Crippen molar-refractivity contribution in [3.63, 3.8) is 0 Å². The van der Waals surface area contributed by atoms with Crippen LogP contribution in [-0.4, -0.2) is 19.5 Å². The maximum Gasteiger partial charge on any atom is 0.335 e. The fourth-order valence-electron chi connectivity index (χ4n) is 1.71. The van der Waals surface area contributed by atoms with Crippen molar-refractivity contribution in [2.75, 3.05) is 5.43 Å². The third kappa shape index (κ3) is 3.59. The number of aryl methyl sites for hydroxylation is 1. The molecule has 0 bridgehead atoms. The summed E-state index contributed by atoms with van der Waals surface area (Å²) in [5.41, 5.74) is 3.59. The Balaban J connectivity index is 2.24. The van der Waals surface area contributed by atoms with Gasteiger partial charge in [-0.05, 0) is 36.8 Å². The molecule has 0 fully saturated rings. The molecule has 2 aromatic carbocycles. The maximum atomic E-state index is 12.1. The molecule has 0 spiro atoms. The lowest BCUT2D eigenvalue weighted by Crippen LogP contribution is -2.29. The average molecular weight is 306 g/mol. The second-order valence-electron chi connectivity index (χ2n) is 4.38.